The number of fused-ring (bicyclic) bond motifs is 1. The van der Waals surface area contributed by atoms with Crippen LogP contribution in [0, 0.1) is 5.92 Å². The fourth-order valence-corrected chi connectivity index (χ4v) is 3.00. The van der Waals surface area contributed by atoms with Crippen molar-refractivity contribution in [3.8, 4) is 0 Å². The molecule has 2 aliphatic rings. The summed E-state index contributed by atoms with van der Waals surface area (Å²) in [5, 5.41) is 0.865. The molecule has 2 N–H and O–H groups in total. The van der Waals surface area contributed by atoms with Gasteiger partial charge in [-0.1, -0.05) is 0 Å². The van der Waals surface area contributed by atoms with Gasteiger partial charge in [-0.25, -0.2) is 0 Å². The van der Waals surface area contributed by atoms with Crippen LogP contribution >= 0.6 is 11.8 Å². The van der Waals surface area contributed by atoms with Crippen LogP contribution in [0.25, 0.3) is 0 Å². The monoisotopic (exact) mass is 129 g/mol. The maximum atomic E-state index is 5.75. The van der Waals surface area contributed by atoms with Crippen LogP contribution in [0.2, 0.25) is 0 Å². The summed E-state index contributed by atoms with van der Waals surface area (Å²) in [5.74, 6) is 2.27. The lowest BCUT2D eigenvalue weighted by atomic mass is 10.2. The van der Waals surface area contributed by atoms with Crippen LogP contribution in [0.15, 0.2) is 0 Å². The standard InChI is InChI=1S/C6H11NS/c7-5-4-2-1-3-8-6(4)5/h4-6H,1-3,7H2/t4-,5?,6-/m1/s1. The van der Waals surface area contributed by atoms with E-state index in [-0.39, 0.29) is 0 Å². The van der Waals surface area contributed by atoms with E-state index in [1.807, 2.05) is 0 Å². The molecule has 1 saturated carbocycles. The van der Waals surface area contributed by atoms with E-state index in [1.54, 1.807) is 0 Å². The largest absolute Gasteiger partial charge is 0.326 e. The Kier molecular flexibility index (Phi) is 1.05. The fourth-order valence-electron chi connectivity index (χ4n) is 1.50. The van der Waals surface area contributed by atoms with Crippen LogP contribution in [0.1, 0.15) is 12.8 Å². The van der Waals surface area contributed by atoms with Gasteiger partial charge in [0.25, 0.3) is 0 Å². The average Bonchev–Trinajstić information content (AvgIpc) is 2.46. The van der Waals surface area contributed by atoms with E-state index in [0.717, 1.165) is 11.2 Å². The summed E-state index contributed by atoms with van der Waals surface area (Å²) in [4.78, 5) is 0. The minimum Gasteiger partial charge on any atom is -0.326 e. The lowest BCUT2D eigenvalue weighted by Gasteiger charge is -2.04. The second-order valence-corrected chi connectivity index (χ2v) is 4.00. The highest BCUT2D eigenvalue weighted by Gasteiger charge is 2.48. The van der Waals surface area contributed by atoms with Crippen LogP contribution in [-0.2, 0) is 0 Å². The average molecular weight is 129 g/mol. The van der Waals surface area contributed by atoms with Crippen molar-refractivity contribution in [1.82, 2.24) is 0 Å². The van der Waals surface area contributed by atoms with Gasteiger partial charge in [0.15, 0.2) is 0 Å². The lowest BCUT2D eigenvalue weighted by Crippen LogP contribution is -2.02. The Morgan fingerprint density at radius 2 is 2.38 bits per heavy atom. The third-order valence-corrected chi connectivity index (χ3v) is 3.72. The Labute approximate surface area is 54.0 Å². The van der Waals surface area contributed by atoms with Crippen molar-refractivity contribution < 1.29 is 0 Å². The summed E-state index contributed by atoms with van der Waals surface area (Å²) in [5.41, 5.74) is 5.75. The van der Waals surface area contributed by atoms with Crippen molar-refractivity contribution in [2.75, 3.05) is 5.75 Å². The Morgan fingerprint density at radius 1 is 1.50 bits per heavy atom. The molecule has 0 aromatic carbocycles. The normalized spacial score (nSPS) is 52.9. The van der Waals surface area contributed by atoms with Crippen LogP contribution in [-0.4, -0.2) is 17.0 Å². The van der Waals surface area contributed by atoms with Crippen LogP contribution in [0.5, 0.6) is 0 Å². The SMILES string of the molecule is NC1[C@H]2CCCS[C@@H]12. The van der Waals surface area contributed by atoms with Crippen molar-refractivity contribution in [2.24, 2.45) is 11.7 Å². The molecule has 1 nitrogen and oxygen atoms in total. The maximum Gasteiger partial charge on any atom is 0.0245 e. The highest BCUT2D eigenvalue weighted by atomic mass is 32.2. The molecular formula is C6H11NS. The van der Waals surface area contributed by atoms with Crippen LogP contribution < -0.4 is 5.73 Å². The second kappa shape index (κ2) is 1.64. The molecule has 8 heavy (non-hydrogen) atoms. The Bertz CT molecular complexity index is 92.7. The first-order valence-corrected chi connectivity index (χ1v) is 4.31. The zero-order chi connectivity index (χ0) is 5.56. The topological polar surface area (TPSA) is 26.0 Å². The van der Waals surface area contributed by atoms with E-state index in [4.69, 9.17) is 5.73 Å². The van der Waals surface area contributed by atoms with E-state index in [0.29, 0.717) is 6.04 Å². The van der Waals surface area contributed by atoms with Gasteiger partial charge in [-0.15, -0.1) is 0 Å². The molecule has 1 aliphatic carbocycles. The molecule has 0 spiro atoms. The van der Waals surface area contributed by atoms with Gasteiger partial charge in [-0.3, -0.25) is 0 Å². The molecule has 2 fully saturated rings. The maximum absolute atomic E-state index is 5.75. The Hall–Kier alpha value is 0.310. The van der Waals surface area contributed by atoms with E-state index >= 15 is 0 Å². The molecule has 1 saturated heterocycles. The Morgan fingerprint density at radius 3 is 2.88 bits per heavy atom. The van der Waals surface area contributed by atoms with Gasteiger partial charge in [0.1, 0.15) is 0 Å². The van der Waals surface area contributed by atoms with Crippen molar-refractivity contribution in [1.29, 1.82) is 0 Å². The summed E-state index contributed by atoms with van der Waals surface area (Å²) in [6, 6.07) is 0.572. The van der Waals surface area contributed by atoms with E-state index in [1.165, 1.54) is 18.6 Å². The highest BCUT2D eigenvalue weighted by molar-refractivity contribution is 8.00. The van der Waals surface area contributed by atoms with Crippen molar-refractivity contribution in [3.63, 3.8) is 0 Å². The van der Waals surface area contributed by atoms with Gasteiger partial charge in [0.2, 0.25) is 0 Å². The van der Waals surface area contributed by atoms with Gasteiger partial charge in [0.05, 0.1) is 0 Å². The predicted octanol–water partition coefficient (Wildman–Crippen LogP) is 0.839. The zero-order valence-electron chi connectivity index (χ0n) is 4.84. The number of thioether (sulfide) groups is 1. The Balaban J connectivity index is 1.97. The number of hydrogen-bond acceptors (Lipinski definition) is 2. The molecular weight excluding hydrogens is 118 g/mol. The minimum absolute atomic E-state index is 0.572. The quantitative estimate of drug-likeness (QED) is 0.524. The molecule has 0 aromatic heterocycles. The minimum atomic E-state index is 0.572. The fraction of sp³-hybridized carbons (Fsp3) is 1.00. The molecule has 0 aromatic rings. The van der Waals surface area contributed by atoms with Crippen LogP contribution in [0.3, 0.4) is 0 Å². The van der Waals surface area contributed by atoms with E-state index in [2.05, 4.69) is 11.8 Å². The van der Waals surface area contributed by atoms with Gasteiger partial charge in [-0.2, -0.15) is 11.8 Å². The molecule has 0 amide bonds. The summed E-state index contributed by atoms with van der Waals surface area (Å²) in [6.07, 6.45) is 2.80. The molecule has 3 atom stereocenters. The molecule has 0 radical (unpaired) electrons. The molecule has 1 unspecified atom stereocenters. The van der Waals surface area contributed by atoms with E-state index < -0.39 is 0 Å². The molecule has 1 heterocycles. The lowest BCUT2D eigenvalue weighted by molar-refractivity contribution is 0.680. The second-order valence-electron chi connectivity index (χ2n) is 2.72. The summed E-state index contributed by atoms with van der Waals surface area (Å²) in [6.45, 7) is 0. The highest BCUT2D eigenvalue weighted by Crippen LogP contribution is 2.47. The summed E-state index contributed by atoms with van der Waals surface area (Å²) < 4.78 is 0. The predicted molar refractivity (Wildman–Crippen MR) is 36.9 cm³/mol. The molecule has 2 heteroatoms. The smallest absolute Gasteiger partial charge is 0.0245 e. The molecule has 1 aliphatic heterocycles. The number of nitrogens with two attached hydrogens (primary N) is 1. The van der Waals surface area contributed by atoms with Gasteiger partial charge in [-0.05, 0) is 24.5 Å². The molecule has 0 bridgehead atoms. The van der Waals surface area contributed by atoms with Gasteiger partial charge >= 0.3 is 0 Å². The first-order valence-electron chi connectivity index (χ1n) is 3.27. The van der Waals surface area contributed by atoms with Crippen molar-refractivity contribution >= 4 is 11.8 Å². The first kappa shape index (κ1) is 5.12. The summed E-state index contributed by atoms with van der Waals surface area (Å²) in [7, 11) is 0. The van der Waals surface area contributed by atoms with Gasteiger partial charge in [0, 0.05) is 11.3 Å². The van der Waals surface area contributed by atoms with Crippen molar-refractivity contribution in [2.45, 2.75) is 24.1 Å². The summed E-state index contributed by atoms with van der Waals surface area (Å²) >= 11 is 2.08. The molecule has 46 valence electrons. The number of rotatable bonds is 0. The third kappa shape index (κ3) is 0.594. The van der Waals surface area contributed by atoms with Gasteiger partial charge < -0.3 is 5.73 Å². The third-order valence-electron chi connectivity index (χ3n) is 2.15. The van der Waals surface area contributed by atoms with Crippen molar-refractivity contribution in [3.05, 3.63) is 0 Å². The zero-order valence-corrected chi connectivity index (χ0v) is 5.66. The molecule has 2 rings (SSSR count). The number of hydrogen-bond donors (Lipinski definition) is 1. The van der Waals surface area contributed by atoms with E-state index in [9.17, 15) is 0 Å². The first-order chi connectivity index (χ1) is 3.89. The van der Waals surface area contributed by atoms with Crippen LogP contribution in [0.4, 0.5) is 0 Å².